The van der Waals surface area contributed by atoms with Crippen LogP contribution in [0.4, 0.5) is 5.82 Å². The van der Waals surface area contributed by atoms with Crippen LogP contribution in [0.25, 0.3) is 0 Å². The molecule has 1 heterocycles. The van der Waals surface area contributed by atoms with Crippen molar-refractivity contribution in [1.29, 1.82) is 0 Å². The van der Waals surface area contributed by atoms with Crippen LogP contribution < -0.4 is 4.72 Å². The first-order chi connectivity index (χ1) is 7.90. The number of H-pyrrole nitrogens is 1. The summed E-state index contributed by atoms with van der Waals surface area (Å²) in [4.78, 5) is 11.1. The van der Waals surface area contributed by atoms with Crippen LogP contribution in [0.3, 0.4) is 0 Å². The first kappa shape index (κ1) is 13.5. The number of hydrogen-bond acceptors (Lipinski definition) is 5. The van der Waals surface area contributed by atoms with Crippen LogP contribution in [-0.4, -0.2) is 36.9 Å². The molecule has 0 aromatic carbocycles. The Hall–Kier alpha value is -1.57. The molecule has 0 bridgehead atoms. The molecule has 0 saturated carbocycles. The van der Waals surface area contributed by atoms with Gasteiger partial charge in [0, 0.05) is 11.8 Å². The van der Waals surface area contributed by atoms with Crippen LogP contribution in [0.1, 0.15) is 19.5 Å². The van der Waals surface area contributed by atoms with E-state index in [9.17, 15) is 13.2 Å². The number of esters is 1. The molecule has 0 aliphatic carbocycles. The van der Waals surface area contributed by atoms with Crippen LogP contribution >= 0.6 is 0 Å². The number of aryl methyl sites for hydroxylation is 1. The van der Waals surface area contributed by atoms with Crippen molar-refractivity contribution in [3.05, 3.63) is 11.8 Å². The normalized spacial score (nSPS) is 13.1. The van der Waals surface area contributed by atoms with Crippen molar-refractivity contribution in [3.8, 4) is 0 Å². The SMILES string of the molecule is CCc1cc(NS(=O)(=O)C(C)C(=O)OC)n[nH]1. The summed E-state index contributed by atoms with van der Waals surface area (Å²) in [5.41, 5.74) is 0.799. The molecule has 0 radical (unpaired) electrons. The number of aromatic amines is 1. The van der Waals surface area contributed by atoms with Crippen LogP contribution in [-0.2, 0) is 26.0 Å². The lowest BCUT2D eigenvalue weighted by atomic mass is 10.3. The van der Waals surface area contributed by atoms with Crippen molar-refractivity contribution >= 4 is 21.8 Å². The first-order valence-corrected chi connectivity index (χ1v) is 6.59. The van der Waals surface area contributed by atoms with Gasteiger partial charge in [-0.1, -0.05) is 6.92 Å². The molecule has 8 heteroatoms. The number of rotatable bonds is 5. The highest BCUT2D eigenvalue weighted by atomic mass is 32.2. The Morgan fingerprint density at radius 3 is 2.76 bits per heavy atom. The number of sulfonamides is 1. The predicted octanol–water partition coefficient (Wildman–Crippen LogP) is 0.275. The average Bonchev–Trinajstić information content (AvgIpc) is 2.73. The summed E-state index contributed by atoms with van der Waals surface area (Å²) in [5, 5.41) is 5.16. The molecule has 0 spiro atoms. The lowest BCUT2D eigenvalue weighted by molar-refractivity contribution is -0.139. The van der Waals surface area contributed by atoms with Crippen molar-refractivity contribution in [3.63, 3.8) is 0 Å². The van der Waals surface area contributed by atoms with E-state index in [1.807, 2.05) is 6.92 Å². The van der Waals surface area contributed by atoms with Gasteiger partial charge in [0.25, 0.3) is 0 Å². The van der Waals surface area contributed by atoms with Crippen LogP contribution in [0.5, 0.6) is 0 Å². The van der Waals surface area contributed by atoms with E-state index in [0.717, 1.165) is 12.8 Å². The van der Waals surface area contributed by atoms with Gasteiger partial charge in [0.05, 0.1) is 7.11 Å². The largest absolute Gasteiger partial charge is 0.468 e. The maximum absolute atomic E-state index is 11.7. The number of anilines is 1. The summed E-state index contributed by atoms with van der Waals surface area (Å²) >= 11 is 0. The second kappa shape index (κ2) is 5.17. The summed E-state index contributed by atoms with van der Waals surface area (Å²) in [5.74, 6) is -0.652. The lowest BCUT2D eigenvalue weighted by Gasteiger charge is -2.10. The highest BCUT2D eigenvalue weighted by Crippen LogP contribution is 2.11. The van der Waals surface area contributed by atoms with E-state index >= 15 is 0 Å². The smallest absolute Gasteiger partial charge is 0.325 e. The van der Waals surface area contributed by atoms with Gasteiger partial charge >= 0.3 is 5.97 Å². The van der Waals surface area contributed by atoms with Crippen molar-refractivity contribution in [2.24, 2.45) is 0 Å². The van der Waals surface area contributed by atoms with Gasteiger partial charge in [-0.3, -0.25) is 14.6 Å². The quantitative estimate of drug-likeness (QED) is 0.741. The third kappa shape index (κ3) is 3.19. The fourth-order valence-electron chi connectivity index (χ4n) is 1.12. The molecule has 2 N–H and O–H groups in total. The van der Waals surface area contributed by atoms with Gasteiger partial charge in [0.2, 0.25) is 10.0 Å². The molecule has 7 nitrogen and oxygen atoms in total. The van der Waals surface area contributed by atoms with Crippen molar-refractivity contribution in [1.82, 2.24) is 10.2 Å². The molecule has 1 aromatic rings. The van der Waals surface area contributed by atoms with Crippen molar-refractivity contribution < 1.29 is 17.9 Å². The molecule has 1 unspecified atom stereocenters. The van der Waals surface area contributed by atoms with Crippen molar-refractivity contribution in [2.45, 2.75) is 25.5 Å². The van der Waals surface area contributed by atoms with E-state index in [4.69, 9.17) is 0 Å². The third-order valence-corrected chi connectivity index (χ3v) is 3.87. The topological polar surface area (TPSA) is 101 Å². The Morgan fingerprint density at radius 1 is 1.65 bits per heavy atom. The van der Waals surface area contributed by atoms with E-state index in [1.54, 1.807) is 6.07 Å². The number of methoxy groups -OCH3 is 1. The fourth-order valence-corrected chi connectivity index (χ4v) is 2.04. The van der Waals surface area contributed by atoms with Gasteiger partial charge in [-0.15, -0.1) is 0 Å². The Kier molecular flexibility index (Phi) is 4.11. The van der Waals surface area contributed by atoms with E-state index < -0.39 is 21.2 Å². The third-order valence-electron chi connectivity index (χ3n) is 2.26. The number of nitrogens with zero attached hydrogens (tertiary/aromatic N) is 1. The lowest BCUT2D eigenvalue weighted by Crippen LogP contribution is -2.33. The summed E-state index contributed by atoms with van der Waals surface area (Å²) in [6.45, 7) is 3.16. The number of ether oxygens (including phenoxy) is 1. The van der Waals surface area contributed by atoms with Crippen LogP contribution in [0.2, 0.25) is 0 Å². The van der Waals surface area contributed by atoms with Crippen molar-refractivity contribution in [2.75, 3.05) is 11.8 Å². The molecule has 0 aliphatic rings. The number of aromatic nitrogens is 2. The molecule has 17 heavy (non-hydrogen) atoms. The summed E-state index contributed by atoms with van der Waals surface area (Å²) in [6.07, 6.45) is 0.710. The van der Waals surface area contributed by atoms with E-state index in [2.05, 4.69) is 19.7 Å². The highest BCUT2D eigenvalue weighted by Gasteiger charge is 2.29. The monoisotopic (exact) mass is 261 g/mol. The summed E-state index contributed by atoms with van der Waals surface area (Å²) in [7, 11) is -2.69. The van der Waals surface area contributed by atoms with Gasteiger partial charge in [-0.05, 0) is 13.3 Å². The molecule has 0 aliphatic heterocycles. The van der Waals surface area contributed by atoms with E-state index in [1.165, 1.54) is 6.92 Å². The van der Waals surface area contributed by atoms with Gasteiger partial charge in [0.15, 0.2) is 11.1 Å². The zero-order valence-electron chi connectivity index (χ0n) is 9.85. The molecule has 96 valence electrons. The second-order valence-electron chi connectivity index (χ2n) is 3.44. The van der Waals surface area contributed by atoms with E-state index in [0.29, 0.717) is 6.42 Å². The van der Waals surface area contributed by atoms with Gasteiger partial charge in [0.1, 0.15) is 0 Å². The zero-order chi connectivity index (χ0) is 13.1. The number of hydrogen-bond donors (Lipinski definition) is 2. The standard InChI is InChI=1S/C9H15N3O4S/c1-4-7-5-8(11-10-7)12-17(14,15)6(2)9(13)16-3/h5-6H,4H2,1-3H3,(H2,10,11,12). The van der Waals surface area contributed by atoms with E-state index in [-0.39, 0.29) is 5.82 Å². The zero-order valence-corrected chi connectivity index (χ0v) is 10.7. The van der Waals surface area contributed by atoms with Gasteiger partial charge in [-0.25, -0.2) is 8.42 Å². The molecular weight excluding hydrogens is 246 g/mol. The molecule has 0 saturated heterocycles. The molecule has 1 aromatic heterocycles. The number of carbonyl (C=O) groups excluding carboxylic acids is 1. The average molecular weight is 261 g/mol. The van der Waals surface area contributed by atoms with Crippen LogP contribution in [0, 0.1) is 0 Å². The first-order valence-electron chi connectivity index (χ1n) is 5.04. The molecule has 1 atom stereocenters. The predicted molar refractivity (Wildman–Crippen MR) is 62.0 cm³/mol. The minimum absolute atomic E-state index is 0.164. The molecule has 1 rings (SSSR count). The number of carbonyl (C=O) groups is 1. The summed E-state index contributed by atoms with van der Waals surface area (Å²) < 4.78 is 30.1. The summed E-state index contributed by atoms with van der Waals surface area (Å²) in [6, 6.07) is 1.57. The highest BCUT2D eigenvalue weighted by molar-refractivity contribution is 7.94. The van der Waals surface area contributed by atoms with Gasteiger partial charge in [-0.2, -0.15) is 5.10 Å². The number of nitrogens with one attached hydrogen (secondary N) is 2. The molecule has 0 fully saturated rings. The Balaban J connectivity index is 2.82. The fraction of sp³-hybridized carbons (Fsp3) is 0.556. The Labute approximate surface area is 99.6 Å². The van der Waals surface area contributed by atoms with Crippen LogP contribution in [0.15, 0.2) is 6.07 Å². The maximum atomic E-state index is 11.7. The molecular formula is C9H15N3O4S. The Bertz CT molecular complexity index is 494. The maximum Gasteiger partial charge on any atom is 0.325 e. The minimum atomic E-state index is -3.83. The minimum Gasteiger partial charge on any atom is -0.468 e. The second-order valence-corrected chi connectivity index (χ2v) is 5.45. The Morgan fingerprint density at radius 2 is 2.29 bits per heavy atom. The van der Waals surface area contributed by atoms with Gasteiger partial charge < -0.3 is 4.74 Å². The molecule has 0 amide bonds.